The van der Waals surface area contributed by atoms with Gasteiger partial charge in [0.05, 0.1) is 12.2 Å². The number of rotatable bonds is 15. The highest BCUT2D eigenvalue weighted by Crippen LogP contribution is 2.35. The van der Waals surface area contributed by atoms with Crippen LogP contribution in [0.1, 0.15) is 86.3 Å². The number of hydrogen-bond donors (Lipinski definition) is 5. The maximum atomic E-state index is 14.9. The fraction of sp³-hybridized carbons (Fsp3) is 0.575. The van der Waals surface area contributed by atoms with Crippen LogP contribution in [0.5, 0.6) is 0 Å². The van der Waals surface area contributed by atoms with Crippen LogP contribution in [0.2, 0.25) is 0 Å². The molecule has 13 nitrogen and oxygen atoms in total. The molecule has 0 bridgehead atoms. The molecule has 2 heterocycles. The summed E-state index contributed by atoms with van der Waals surface area (Å²) in [6.07, 6.45) is 12.7. The monoisotopic (exact) mass is 727 g/mol. The minimum Gasteiger partial charge on any atom is -0.381 e. The molecule has 1 saturated heterocycles. The summed E-state index contributed by atoms with van der Waals surface area (Å²) in [5.74, 6) is -2.42. The van der Waals surface area contributed by atoms with Gasteiger partial charge in [0.2, 0.25) is 17.7 Å². The smallest absolute Gasteiger partial charge is 0.272 e. The molecule has 5 amide bonds. The zero-order valence-corrected chi connectivity index (χ0v) is 30.5. The van der Waals surface area contributed by atoms with Gasteiger partial charge in [-0.15, -0.1) is 6.58 Å². The van der Waals surface area contributed by atoms with Gasteiger partial charge >= 0.3 is 0 Å². The van der Waals surface area contributed by atoms with Crippen molar-refractivity contribution in [2.45, 2.75) is 108 Å². The lowest BCUT2D eigenvalue weighted by Crippen LogP contribution is -2.61. The number of aromatic nitrogens is 2. The largest absolute Gasteiger partial charge is 0.381 e. The van der Waals surface area contributed by atoms with E-state index >= 15 is 0 Å². The Hall–Kier alpha value is -4.65. The topological polar surface area (TPSA) is 183 Å². The van der Waals surface area contributed by atoms with E-state index in [4.69, 9.17) is 0 Å². The van der Waals surface area contributed by atoms with Gasteiger partial charge < -0.3 is 31.3 Å². The molecule has 0 radical (unpaired) electrons. The van der Waals surface area contributed by atoms with Crippen LogP contribution in [-0.2, 0) is 32.0 Å². The molecule has 13 heteroatoms. The Morgan fingerprint density at radius 1 is 0.925 bits per heavy atom. The van der Waals surface area contributed by atoms with Crippen LogP contribution in [0, 0.1) is 23.7 Å². The Balaban J connectivity index is 1.24. The van der Waals surface area contributed by atoms with Crippen LogP contribution in [0.4, 0.5) is 0 Å². The molecule has 284 valence electrons. The molecule has 3 fully saturated rings. The van der Waals surface area contributed by atoms with Crippen molar-refractivity contribution < 1.29 is 29.1 Å². The summed E-state index contributed by atoms with van der Waals surface area (Å²) >= 11 is 0. The van der Waals surface area contributed by atoms with Gasteiger partial charge in [-0.05, 0) is 73.3 Å². The highest BCUT2D eigenvalue weighted by molar-refractivity contribution is 5.98. The summed E-state index contributed by atoms with van der Waals surface area (Å²) in [4.78, 5) is 79.1. The number of benzene rings is 1. The second-order valence-corrected chi connectivity index (χ2v) is 15.5. The Bertz CT molecular complexity index is 1620. The first kappa shape index (κ1) is 38.1. The number of amides is 5. The van der Waals surface area contributed by atoms with Crippen LogP contribution in [0.25, 0.3) is 0 Å². The van der Waals surface area contributed by atoms with E-state index in [0.29, 0.717) is 38.1 Å². The zero-order valence-electron chi connectivity index (χ0n) is 30.5. The fourth-order valence-electron chi connectivity index (χ4n) is 8.38. The van der Waals surface area contributed by atoms with Crippen LogP contribution < -0.4 is 21.3 Å². The maximum absolute atomic E-state index is 14.9. The van der Waals surface area contributed by atoms with Crippen LogP contribution in [-0.4, -0.2) is 92.9 Å². The minimum absolute atomic E-state index is 0.00391. The summed E-state index contributed by atoms with van der Waals surface area (Å²) in [7, 11) is 0. The van der Waals surface area contributed by atoms with E-state index in [1.165, 1.54) is 24.7 Å². The first-order valence-electron chi connectivity index (χ1n) is 19.2. The zero-order chi connectivity index (χ0) is 37.5. The number of hydrogen-bond acceptors (Lipinski definition) is 8. The predicted molar refractivity (Wildman–Crippen MR) is 197 cm³/mol. The molecule has 6 rings (SSSR count). The fourth-order valence-corrected chi connectivity index (χ4v) is 8.38. The average molecular weight is 728 g/mol. The normalized spacial score (nSPS) is 22.5. The standard InChI is InChI=1S/C40H53N7O6/c1-3-15-43-39(52)35(48)30(19-25-13-14-25)44-37(50)32-18-24(2)23-47(32)40(53)34(29-20-27-11-7-8-12-28(27)21-29)46-38(51)33(26-9-5-4-6-10-26)45-36(49)31-22-41-16-17-42-31/h3,7-8,11-12,16-17,22,24-26,29-30,32-35,48H,1,4-6,9-10,13-15,18-21,23H2,2H3,(H,43,52)(H,44,50)(H,45,49)(H,46,51)/t24-,30?,32+,33+,34+,35?/m1/s1. The summed E-state index contributed by atoms with van der Waals surface area (Å²) in [6, 6.07) is 4.47. The highest BCUT2D eigenvalue weighted by Gasteiger charge is 2.46. The third-order valence-electron chi connectivity index (χ3n) is 11.4. The molecule has 4 aliphatic rings. The van der Waals surface area contributed by atoms with E-state index in [1.807, 2.05) is 31.2 Å². The Kier molecular flexibility index (Phi) is 12.5. The molecular weight excluding hydrogens is 674 g/mol. The molecular formula is C40H53N7O6. The first-order valence-corrected chi connectivity index (χ1v) is 19.2. The average Bonchev–Trinajstić information content (AvgIpc) is 3.75. The van der Waals surface area contributed by atoms with Crippen molar-refractivity contribution >= 4 is 29.5 Å². The third-order valence-corrected chi connectivity index (χ3v) is 11.4. The van der Waals surface area contributed by atoms with Gasteiger partial charge in [-0.2, -0.15) is 0 Å². The van der Waals surface area contributed by atoms with E-state index in [1.54, 1.807) is 4.90 Å². The van der Waals surface area contributed by atoms with Crippen molar-refractivity contribution in [3.8, 4) is 0 Å². The summed E-state index contributed by atoms with van der Waals surface area (Å²) < 4.78 is 0. The third kappa shape index (κ3) is 9.48. The molecule has 3 aliphatic carbocycles. The highest BCUT2D eigenvalue weighted by atomic mass is 16.3. The number of aliphatic hydroxyl groups is 1. The maximum Gasteiger partial charge on any atom is 0.272 e. The lowest BCUT2D eigenvalue weighted by atomic mass is 9.83. The Labute approximate surface area is 311 Å². The first-order chi connectivity index (χ1) is 25.6. The van der Waals surface area contributed by atoms with Crippen LogP contribution in [0.3, 0.4) is 0 Å². The molecule has 2 aromatic rings. The van der Waals surface area contributed by atoms with Gasteiger partial charge in [0.1, 0.15) is 23.8 Å². The lowest BCUT2D eigenvalue weighted by Gasteiger charge is -2.35. The Morgan fingerprint density at radius 2 is 1.64 bits per heavy atom. The predicted octanol–water partition coefficient (Wildman–Crippen LogP) is 2.24. The molecule has 0 spiro atoms. The molecule has 5 N–H and O–H groups in total. The number of aliphatic hydroxyl groups excluding tert-OH is 1. The van der Waals surface area contributed by atoms with Gasteiger partial charge in [0.15, 0.2) is 6.10 Å². The van der Waals surface area contributed by atoms with E-state index in [2.05, 4.69) is 37.8 Å². The number of nitrogens with one attached hydrogen (secondary N) is 4. The quantitative estimate of drug-likeness (QED) is 0.173. The van der Waals surface area contributed by atoms with Crippen molar-refractivity contribution in [3.63, 3.8) is 0 Å². The van der Waals surface area contributed by atoms with E-state index in [0.717, 1.165) is 56.1 Å². The number of likely N-dealkylation sites (tertiary alicyclic amines) is 1. The molecule has 1 aromatic carbocycles. The molecule has 2 unspecified atom stereocenters. The van der Waals surface area contributed by atoms with Gasteiger partial charge in [-0.1, -0.05) is 69.4 Å². The Morgan fingerprint density at radius 3 is 2.28 bits per heavy atom. The molecule has 6 atom stereocenters. The second-order valence-electron chi connectivity index (χ2n) is 15.5. The molecule has 53 heavy (non-hydrogen) atoms. The summed E-state index contributed by atoms with van der Waals surface area (Å²) in [6.45, 7) is 6.08. The van der Waals surface area contributed by atoms with Crippen molar-refractivity contribution in [1.29, 1.82) is 0 Å². The molecule has 1 aliphatic heterocycles. The minimum atomic E-state index is -1.46. The van der Waals surface area contributed by atoms with Crippen molar-refractivity contribution in [3.05, 3.63) is 72.3 Å². The van der Waals surface area contributed by atoms with Crippen LogP contribution >= 0.6 is 0 Å². The number of carbonyl (C=O) groups is 5. The lowest BCUT2D eigenvalue weighted by molar-refractivity contribution is -0.144. The van der Waals surface area contributed by atoms with Gasteiger partial charge in [0.25, 0.3) is 11.8 Å². The van der Waals surface area contributed by atoms with Crippen molar-refractivity contribution in [1.82, 2.24) is 36.1 Å². The second kappa shape index (κ2) is 17.5. The number of nitrogens with zero attached hydrogens (tertiary/aromatic N) is 3. The SMILES string of the molecule is C=CCNC(=O)C(O)C(CC1CC1)NC(=O)[C@@H]1C[C@@H](C)CN1C(=O)[C@@H](NC(=O)[C@@H](NC(=O)c1cnccn1)C1CCCCC1)C1Cc2ccccc2C1. The van der Waals surface area contributed by atoms with E-state index < -0.39 is 53.9 Å². The van der Waals surface area contributed by atoms with Crippen molar-refractivity contribution in [2.24, 2.45) is 23.7 Å². The van der Waals surface area contributed by atoms with Crippen molar-refractivity contribution in [2.75, 3.05) is 13.1 Å². The summed E-state index contributed by atoms with van der Waals surface area (Å²) in [5.41, 5.74) is 2.32. The van der Waals surface area contributed by atoms with Gasteiger partial charge in [0, 0.05) is 25.5 Å². The number of fused-ring (bicyclic) bond motifs is 1. The molecule has 2 saturated carbocycles. The molecule has 1 aromatic heterocycles. The number of carbonyl (C=O) groups excluding carboxylic acids is 5. The van der Waals surface area contributed by atoms with E-state index in [9.17, 15) is 29.1 Å². The van der Waals surface area contributed by atoms with E-state index in [-0.39, 0.29) is 35.9 Å². The summed E-state index contributed by atoms with van der Waals surface area (Å²) in [5, 5.41) is 22.6. The van der Waals surface area contributed by atoms with Gasteiger partial charge in [-0.25, -0.2) is 4.98 Å². The van der Waals surface area contributed by atoms with Gasteiger partial charge in [-0.3, -0.25) is 29.0 Å². The van der Waals surface area contributed by atoms with Crippen LogP contribution in [0.15, 0.2) is 55.5 Å².